The average molecular weight is 277 g/mol. The number of hydrogen-bond acceptors (Lipinski definition) is 3. The van der Waals surface area contributed by atoms with E-state index < -0.39 is 6.85 Å². The second-order valence-corrected chi connectivity index (χ2v) is 5.02. The number of aromatic nitrogens is 2. The summed E-state index contributed by atoms with van der Waals surface area (Å²) in [6.45, 7) is -0.235. The third-order valence-electron chi connectivity index (χ3n) is 3.54. The quantitative estimate of drug-likeness (QED) is 0.508. The Balaban J connectivity index is 1.92. The van der Waals surface area contributed by atoms with Crippen LogP contribution in [0.2, 0.25) is 0 Å². The molecule has 102 valence electrons. The molecule has 0 N–H and O–H groups in total. The van der Waals surface area contributed by atoms with Gasteiger partial charge in [-0.15, -0.1) is 0 Å². The minimum atomic E-state index is -2.15. The van der Waals surface area contributed by atoms with E-state index in [-0.39, 0.29) is 5.56 Å². The summed E-state index contributed by atoms with van der Waals surface area (Å²) in [4.78, 5) is 8.75. The van der Waals surface area contributed by atoms with Gasteiger partial charge in [0.05, 0.1) is 5.69 Å². The smallest absolute Gasteiger partial charge is 0.227 e. The van der Waals surface area contributed by atoms with Gasteiger partial charge in [0.25, 0.3) is 0 Å². The summed E-state index contributed by atoms with van der Waals surface area (Å²) in [6.07, 6.45) is 1.40. The molecule has 3 aromatic heterocycles. The second kappa shape index (κ2) is 4.42. The van der Waals surface area contributed by atoms with Crippen molar-refractivity contribution in [1.29, 1.82) is 0 Å². The topological polar surface area (TPSA) is 38.9 Å². The lowest BCUT2D eigenvalue weighted by molar-refractivity contribution is 0.653. The van der Waals surface area contributed by atoms with Crippen LogP contribution in [-0.2, 0) is 0 Å². The van der Waals surface area contributed by atoms with Gasteiger partial charge in [-0.25, -0.2) is 4.98 Å². The molecule has 4 rings (SSSR count). The van der Waals surface area contributed by atoms with Gasteiger partial charge in [0.1, 0.15) is 5.58 Å². The second-order valence-electron chi connectivity index (χ2n) is 5.02. The summed E-state index contributed by atoms with van der Waals surface area (Å²) in [5.74, 6) is 0. The molecule has 0 bridgehead atoms. The first-order chi connectivity index (χ1) is 11.4. The number of benzene rings is 1. The highest BCUT2D eigenvalue weighted by Crippen LogP contribution is 2.34. The fourth-order valence-corrected chi connectivity index (χ4v) is 2.53. The number of pyridine rings is 2. The summed E-state index contributed by atoms with van der Waals surface area (Å²) in [5, 5.41) is 1.92. The maximum atomic E-state index is 7.44. The lowest BCUT2D eigenvalue weighted by atomic mass is 10.1. The first-order valence-electron chi connectivity index (χ1n) is 8.19. The van der Waals surface area contributed by atoms with Crippen LogP contribution in [-0.4, -0.2) is 9.97 Å². The zero-order valence-electron chi connectivity index (χ0n) is 14.4. The van der Waals surface area contributed by atoms with E-state index in [9.17, 15) is 0 Å². The summed E-state index contributed by atoms with van der Waals surface area (Å²) < 4.78 is 28.3. The zero-order chi connectivity index (χ0) is 16.9. The lowest BCUT2D eigenvalue weighted by Gasteiger charge is -2.01. The van der Waals surface area contributed by atoms with Crippen LogP contribution in [0.5, 0.6) is 0 Å². The van der Waals surface area contributed by atoms with Gasteiger partial charge in [-0.1, -0.05) is 18.2 Å². The molecule has 21 heavy (non-hydrogen) atoms. The maximum Gasteiger partial charge on any atom is 0.227 e. The molecule has 0 fully saturated rings. The SMILES string of the molecule is [2H]C([2H])([2H])c1ccc(-c2cccc3c2oc2nc(C)ccc23)nc1. The van der Waals surface area contributed by atoms with E-state index in [4.69, 9.17) is 8.53 Å². The van der Waals surface area contributed by atoms with Crippen molar-refractivity contribution in [2.24, 2.45) is 0 Å². The molecule has 3 nitrogen and oxygen atoms in total. The van der Waals surface area contributed by atoms with E-state index >= 15 is 0 Å². The molecular weight excluding hydrogens is 260 g/mol. The van der Waals surface area contributed by atoms with Crippen LogP contribution in [0, 0.1) is 13.8 Å². The highest BCUT2D eigenvalue weighted by atomic mass is 16.3. The van der Waals surface area contributed by atoms with Crippen molar-refractivity contribution in [3.05, 3.63) is 59.9 Å². The molecule has 0 saturated carbocycles. The van der Waals surface area contributed by atoms with Gasteiger partial charge >= 0.3 is 0 Å². The van der Waals surface area contributed by atoms with Crippen molar-refractivity contribution in [3.8, 4) is 11.3 Å². The Morgan fingerprint density at radius 2 is 2.00 bits per heavy atom. The van der Waals surface area contributed by atoms with E-state index in [1.807, 2.05) is 37.3 Å². The Hall–Kier alpha value is -2.68. The number of para-hydroxylation sites is 1. The van der Waals surface area contributed by atoms with Crippen molar-refractivity contribution in [1.82, 2.24) is 9.97 Å². The number of furan rings is 1. The Morgan fingerprint density at radius 1 is 1.05 bits per heavy atom. The first-order valence-corrected chi connectivity index (χ1v) is 6.69. The number of fused-ring (bicyclic) bond motifs is 3. The van der Waals surface area contributed by atoms with E-state index in [2.05, 4.69) is 9.97 Å². The predicted molar refractivity (Wildman–Crippen MR) is 84.2 cm³/mol. The van der Waals surface area contributed by atoms with Crippen molar-refractivity contribution < 1.29 is 8.53 Å². The van der Waals surface area contributed by atoms with Crippen LogP contribution >= 0.6 is 0 Å². The van der Waals surface area contributed by atoms with Gasteiger partial charge in [-0.05, 0) is 43.6 Å². The van der Waals surface area contributed by atoms with Gasteiger partial charge < -0.3 is 4.42 Å². The van der Waals surface area contributed by atoms with Gasteiger partial charge in [0, 0.05) is 32.3 Å². The minimum absolute atomic E-state index is 0.223. The Labute approximate surface area is 126 Å². The molecule has 3 heterocycles. The highest BCUT2D eigenvalue weighted by Gasteiger charge is 2.13. The fourth-order valence-electron chi connectivity index (χ4n) is 2.53. The molecule has 0 radical (unpaired) electrons. The normalized spacial score (nSPS) is 14.0. The van der Waals surface area contributed by atoms with Gasteiger partial charge in [0.15, 0.2) is 0 Å². The maximum absolute atomic E-state index is 7.44. The Morgan fingerprint density at radius 3 is 2.81 bits per heavy atom. The fraction of sp³-hybridized carbons (Fsp3) is 0.111. The summed E-state index contributed by atoms with van der Waals surface area (Å²) in [6, 6.07) is 13.1. The van der Waals surface area contributed by atoms with E-state index in [0.717, 1.165) is 22.0 Å². The van der Waals surface area contributed by atoms with Crippen molar-refractivity contribution in [3.63, 3.8) is 0 Å². The molecule has 0 unspecified atom stereocenters. The largest absolute Gasteiger partial charge is 0.437 e. The molecular formula is C18H14N2O. The average Bonchev–Trinajstić information content (AvgIpc) is 2.91. The van der Waals surface area contributed by atoms with E-state index in [0.29, 0.717) is 17.0 Å². The highest BCUT2D eigenvalue weighted by molar-refractivity contribution is 6.08. The van der Waals surface area contributed by atoms with Crippen LogP contribution in [0.1, 0.15) is 15.4 Å². The minimum Gasteiger partial charge on any atom is -0.437 e. The monoisotopic (exact) mass is 277 g/mol. The van der Waals surface area contributed by atoms with Crippen LogP contribution < -0.4 is 0 Å². The Kier molecular flexibility index (Phi) is 1.95. The molecule has 0 aliphatic rings. The first kappa shape index (κ1) is 9.29. The summed E-state index contributed by atoms with van der Waals surface area (Å²) in [7, 11) is 0. The molecule has 1 aromatic carbocycles. The molecule has 3 heteroatoms. The molecule has 0 spiro atoms. The van der Waals surface area contributed by atoms with Crippen LogP contribution in [0.4, 0.5) is 0 Å². The molecule has 0 saturated heterocycles. The third kappa shape index (κ3) is 1.89. The molecule has 0 amide bonds. The van der Waals surface area contributed by atoms with Crippen LogP contribution in [0.3, 0.4) is 0 Å². The molecule has 0 aliphatic heterocycles. The molecule has 4 aromatic rings. The standard InChI is InChI=1S/C18H14N2O/c1-11-6-9-16(19-10-11)15-5-3-4-13-14-8-7-12(2)20-18(14)21-17(13)15/h3-10H,1-2H3/i1D3. The lowest BCUT2D eigenvalue weighted by Crippen LogP contribution is -1.84. The van der Waals surface area contributed by atoms with E-state index in [1.54, 1.807) is 12.1 Å². The van der Waals surface area contributed by atoms with Gasteiger partial charge in [-0.3, -0.25) is 4.98 Å². The zero-order valence-corrected chi connectivity index (χ0v) is 11.4. The Bertz CT molecular complexity index is 1050. The predicted octanol–water partition coefficient (Wildman–Crippen LogP) is 4.66. The van der Waals surface area contributed by atoms with Crippen LogP contribution in [0.25, 0.3) is 33.3 Å². The van der Waals surface area contributed by atoms with Crippen LogP contribution in [0.15, 0.2) is 53.1 Å². The van der Waals surface area contributed by atoms with Crippen molar-refractivity contribution in [2.45, 2.75) is 13.8 Å². The summed E-state index contributed by atoms with van der Waals surface area (Å²) in [5.41, 5.74) is 3.91. The number of rotatable bonds is 1. The number of nitrogens with zero attached hydrogens (tertiary/aromatic N) is 2. The van der Waals surface area contributed by atoms with Crippen molar-refractivity contribution in [2.75, 3.05) is 0 Å². The van der Waals surface area contributed by atoms with Gasteiger partial charge in [0.2, 0.25) is 5.71 Å². The number of hydrogen-bond donors (Lipinski definition) is 0. The number of aryl methyl sites for hydroxylation is 2. The molecule has 0 atom stereocenters. The summed E-state index contributed by atoms with van der Waals surface area (Å²) >= 11 is 0. The van der Waals surface area contributed by atoms with E-state index in [1.165, 1.54) is 6.20 Å². The molecule has 0 aliphatic carbocycles. The van der Waals surface area contributed by atoms with Gasteiger partial charge in [-0.2, -0.15) is 0 Å². The van der Waals surface area contributed by atoms with Crippen molar-refractivity contribution >= 4 is 22.1 Å². The third-order valence-corrected chi connectivity index (χ3v) is 3.54.